The molecule has 0 bridgehead atoms. The van der Waals surface area contributed by atoms with Gasteiger partial charge in [0.25, 0.3) is 0 Å². The number of hydrogen-bond donors (Lipinski definition) is 1. The number of rotatable bonds is 2. The number of hydrogen-bond acceptors (Lipinski definition) is 2. The molecule has 0 spiro atoms. The first kappa shape index (κ1) is 16.2. The fourth-order valence-electron chi connectivity index (χ4n) is 4.45. The van der Waals surface area contributed by atoms with Crippen LogP contribution in [0.2, 0.25) is 0 Å². The number of para-hydroxylation sites is 1. The molecule has 2 atom stereocenters. The van der Waals surface area contributed by atoms with Crippen LogP contribution in [0.5, 0.6) is 0 Å². The van der Waals surface area contributed by atoms with E-state index in [2.05, 4.69) is 9.97 Å². The molecule has 0 radical (unpaired) electrons. The number of imidazole rings is 1. The summed E-state index contributed by atoms with van der Waals surface area (Å²) >= 11 is 0. The maximum Gasteiger partial charge on any atom is 0.230 e. The molecule has 2 unspecified atom stereocenters. The van der Waals surface area contributed by atoms with Crippen molar-refractivity contribution in [1.82, 2.24) is 9.97 Å². The highest BCUT2D eigenvalue weighted by atomic mass is 19.1. The average Bonchev–Trinajstić information content (AvgIpc) is 3.31. The summed E-state index contributed by atoms with van der Waals surface area (Å²) in [6.45, 7) is 0.561. The van der Waals surface area contributed by atoms with Crippen LogP contribution >= 0.6 is 0 Å². The number of nitrogens with zero attached hydrogens (tertiary/aromatic N) is 2. The lowest BCUT2D eigenvalue weighted by Gasteiger charge is -2.26. The van der Waals surface area contributed by atoms with E-state index in [1.807, 2.05) is 35.2 Å². The van der Waals surface area contributed by atoms with Gasteiger partial charge in [-0.2, -0.15) is 0 Å². The topological polar surface area (TPSA) is 49.0 Å². The Kier molecular flexibility index (Phi) is 3.81. The number of carbonyl (C=O) groups excluding carboxylic acids is 1. The second kappa shape index (κ2) is 6.34. The van der Waals surface area contributed by atoms with Crippen molar-refractivity contribution in [1.29, 1.82) is 0 Å². The van der Waals surface area contributed by atoms with Crippen molar-refractivity contribution in [2.75, 3.05) is 11.4 Å². The zero-order valence-corrected chi connectivity index (χ0v) is 14.9. The van der Waals surface area contributed by atoms with Crippen molar-refractivity contribution in [3.05, 3.63) is 83.2 Å². The number of carbonyl (C=O) groups is 1. The monoisotopic (exact) mass is 361 g/mol. The summed E-state index contributed by atoms with van der Waals surface area (Å²) in [4.78, 5) is 22.8. The van der Waals surface area contributed by atoms with E-state index in [4.69, 9.17) is 0 Å². The molecule has 136 valence electrons. The van der Waals surface area contributed by atoms with Gasteiger partial charge in [-0.15, -0.1) is 0 Å². The SMILES string of the molecule is O=C(C1CCc2[nH]cnc2C1)N1CC(c2cccc(F)c2)c2ccccc21. The molecule has 0 fully saturated rings. The van der Waals surface area contributed by atoms with Crippen molar-refractivity contribution in [2.45, 2.75) is 25.2 Å². The lowest BCUT2D eigenvalue weighted by atomic mass is 9.88. The highest BCUT2D eigenvalue weighted by molar-refractivity contribution is 5.98. The van der Waals surface area contributed by atoms with Crippen LogP contribution in [0.3, 0.4) is 0 Å². The number of anilines is 1. The summed E-state index contributed by atoms with van der Waals surface area (Å²) in [5, 5.41) is 0. The predicted octanol–water partition coefficient (Wildman–Crippen LogP) is 3.83. The molecule has 3 aromatic rings. The molecule has 27 heavy (non-hydrogen) atoms. The standard InChI is InChI=1S/C22H20FN3O/c23-16-5-3-4-14(10-16)18-12-26(21-7-2-1-6-17(18)21)22(27)15-8-9-19-20(11-15)25-13-24-19/h1-7,10,13,15,18H,8-9,11-12H2,(H,24,25). The molecule has 5 rings (SSSR count). The number of nitrogens with one attached hydrogen (secondary N) is 1. The maximum atomic E-state index is 13.8. The second-order valence-electron chi connectivity index (χ2n) is 7.38. The number of H-pyrrole nitrogens is 1. The third-order valence-corrected chi connectivity index (χ3v) is 5.82. The van der Waals surface area contributed by atoms with Gasteiger partial charge in [0.2, 0.25) is 5.91 Å². The quantitative estimate of drug-likeness (QED) is 0.754. The molecule has 5 heteroatoms. The number of aromatic amines is 1. The minimum atomic E-state index is -0.243. The van der Waals surface area contributed by atoms with E-state index >= 15 is 0 Å². The fraction of sp³-hybridized carbons (Fsp3) is 0.273. The van der Waals surface area contributed by atoms with Crippen molar-refractivity contribution >= 4 is 11.6 Å². The van der Waals surface area contributed by atoms with Gasteiger partial charge in [-0.25, -0.2) is 9.37 Å². The molecule has 4 nitrogen and oxygen atoms in total. The molecule has 2 aromatic carbocycles. The molecule has 1 aliphatic heterocycles. The first-order valence-electron chi connectivity index (χ1n) is 9.37. The number of fused-ring (bicyclic) bond motifs is 2. The van der Waals surface area contributed by atoms with Crippen LogP contribution in [0.25, 0.3) is 0 Å². The number of halogens is 1. The Hall–Kier alpha value is -2.95. The maximum absolute atomic E-state index is 13.8. The van der Waals surface area contributed by atoms with Crippen LogP contribution in [-0.2, 0) is 17.6 Å². The molecule has 0 saturated carbocycles. The number of amides is 1. The van der Waals surface area contributed by atoms with E-state index in [9.17, 15) is 9.18 Å². The van der Waals surface area contributed by atoms with Crippen molar-refractivity contribution in [3.63, 3.8) is 0 Å². The zero-order chi connectivity index (χ0) is 18.4. The number of aromatic nitrogens is 2. The zero-order valence-electron chi connectivity index (χ0n) is 14.9. The van der Waals surface area contributed by atoms with E-state index in [1.165, 1.54) is 6.07 Å². The van der Waals surface area contributed by atoms with E-state index in [0.717, 1.165) is 41.0 Å². The van der Waals surface area contributed by atoms with Crippen LogP contribution in [0.15, 0.2) is 54.9 Å². The summed E-state index contributed by atoms with van der Waals surface area (Å²) in [6.07, 6.45) is 4.08. The van der Waals surface area contributed by atoms with E-state index in [0.29, 0.717) is 13.0 Å². The molecule has 0 saturated heterocycles. The minimum Gasteiger partial charge on any atom is -0.348 e. The summed E-state index contributed by atoms with van der Waals surface area (Å²) < 4.78 is 13.8. The Morgan fingerprint density at radius 1 is 1.19 bits per heavy atom. The molecule has 1 aliphatic carbocycles. The van der Waals surface area contributed by atoms with E-state index in [1.54, 1.807) is 18.5 Å². The van der Waals surface area contributed by atoms with Crippen LogP contribution in [-0.4, -0.2) is 22.4 Å². The normalized spacial score (nSPS) is 21.0. The minimum absolute atomic E-state index is 0.00499. The Labute approximate surface area is 157 Å². The van der Waals surface area contributed by atoms with Gasteiger partial charge in [-0.05, 0) is 42.2 Å². The van der Waals surface area contributed by atoms with Crippen molar-refractivity contribution in [3.8, 4) is 0 Å². The number of benzene rings is 2. The van der Waals surface area contributed by atoms with Gasteiger partial charge in [0.05, 0.1) is 12.0 Å². The van der Waals surface area contributed by atoms with Gasteiger partial charge >= 0.3 is 0 Å². The lowest BCUT2D eigenvalue weighted by Crippen LogP contribution is -2.38. The largest absolute Gasteiger partial charge is 0.348 e. The Balaban J connectivity index is 1.46. The first-order chi connectivity index (χ1) is 13.2. The molecule has 1 N–H and O–H groups in total. The number of aryl methyl sites for hydroxylation is 1. The third-order valence-electron chi connectivity index (χ3n) is 5.82. The molecular formula is C22H20FN3O. The van der Waals surface area contributed by atoms with Crippen molar-refractivity contribution < 1.29 is 9.18 Å². The molecule has 2 aliphatic rings. The molecule has 2 heterocycles. The highest BCUT2D eigenvalue weighted by Gasteiger charge is 2.37. The lowest BCUT2D eigenvalue weighted by molar-refractivity contribution is -0.122. The smallest absolute Gasteiger partial charge is 0.230 e. The molecule has 1 amide bonds. The summed E-state index contributed by atoms with van der Waals surface area (Å²) in [5.74, 6) is -0.145. The summed E-state index contributed by atoms with van der Waals surface area (Å²) in [5.41, 5.74) is 5.11. The molecular weight excluding hydrogens is 341 g/mol. The van der Waals surface area contributed by atoms with Crippen LogP contribution < -0.4 is 4.90 Å². The highest BCUT2D eigenvalue weighted by Crippen LogP contribution is 2.41. The average molecular weight is 361 g/mol. The Morgan fingerprint density at radius 3 is 2.96 bits per heavy atom. The van der Waals surface area contributed by atoms with E-state index < -0.39 is 0 Å². The van der Waals surface area contributed by atoms with Gasteiger partial charge in [0.1, 0.15) is 5.82 Å². The summed E-state index contributed by atoms with van der Waals surface area (Å²) in [7, 11) is 0. The fourth-order valence-corrected chi connectivity index (χ4v) is 4.45. The Morgan fingerprint density at radius 2 is 2.07 bits per heavy atom. The van der Waals surface area contributed by atoms with Crippen LogP contribution in [0, 0.1) is 11.7 Å². The molecule has 1 aromatic heterocycles. The third kappa shape index (κ3) is 2.74. The van der Waals surface area contributed by atoms with Gasteiger partial charge in [0.15, 0.2) is 0 Å². The van der Waals surface area contributed by atoms with Crippen molar-refractivity contribution in [2.24, 2.45) is 5.92 Å². The van der Waals surface area contributed by atoms with Gasteiger partial charge in [-0.3, -0.25) is 4.79 Å². The summed E-state index contributed by atoms with van der Waals surface area (Å²) in [6, 6.07) is 14.7. The van der Waals surface area contributed by atoms with Crippen LogP contribution in [0.4, 0.5) is 10.1 Å². The van der Waals surface area contributed by atoms with E-state index in [-0.39, 0.29) is 23.6 Å². The predicted molar refractivity (Wildman–Crippen MR) is 101 cm³/mol. The van der Waals surface area contributed by atoms with Gasteiger partial charge < -0.3 is 9.88 Å². The second-order valence-corrected chi connectivity index (χ2v) is 7.38. The van der Waals surface area contributed by atoms with Crippen LogP contribution in [0.1, 0.15) is 34.9 Å². The van der Waals surface area contributed by atoms with Gasteiger partial charge in [-0.1, -0.05) is 30.3 Å². The first-order valence-corrected chi connectivity index (χ1v) is 9.37. The Bertz CT molecular complexity index is 1010. The van der Waals surface area contributed by atoms with Gasteiger partial charge in [0, 0.05) is 36.2 Å².